The molecule has 0 unspecified atom stereocenters. The number of ketones is 2. The van der Waals surface area contributed by atoms with E-state index in [0.29, 0.717) is 30.6 Å². The first-order valence-electron chi connectivity index (χ1n) is 10.7. The summed E-state index contributed by atoms with van der Waals surface area (Å²) in [6.45, 7) is 9.63. The maximum Gasteiger partial charge on any atom is 0.303 e. The third-order valence-electron chi connectivity index (χ3n) is 8.84. The Kier molecular flexibility index (Phi) is 4.30. The first-order chi connectivity index (χ1) is 13.0. The van der Waals surface area contributed by atoms with Gasteiger partial charge in [-0.05, 0) is 80.8 Å². The molecule has 0 saturated heterocycles. The summed E-state index contributed by atoms with van der Waals surface area (Å²) >= 11 is 0. The predicted molar refractivity (Wildman–Crippen MR) is 106 cm³/mol. The van der Waals surface area contributed by atoms with Gasteiger partial charge in [0.2, 0.25) is 0 Å². The largest absolute Gasteiger partial charge is 0.451 e. The van der Waals surface area contributed by atoms with Crippen molar-refractivity contribution in [1.29, 1.82) is 0 Å². The van der Waals surface area contributed by atoms with Crippen LogP contribution in [0.4, 0.5) is 0 Å². The first kappa shape index (κ1) is 19.6. The Morgan fingerprint density at radius 2 is 1.75 bits per heavy atom. The zero-order valence-electron chi connectivity index (χ0n) is 17.8. The molecule has 2 fully saturated rings. The topological polar surface area (TPSA) is 60.4 Å². The van der Waals surface area contributed by atoms with E-state index < -0.39 is 5.60 Å². The number of ether oxygens (including phenoxy) is 1. The summed E-state index contributed by atoms with van der Waals surface area (Å²) in [5.74, 6) is 1.03. The Hall–Kier alpha value is -1.71. The molecule has 0 bridgehead atoms. The number of allylic oxidation sites excluding steroid dienone is 4. The monoisotopic (exact) mass is 384 g/mol. The van der Waals surface area contributed by atoms with E-state index in [4.69, 9.17) is 4.74 Å². The number of carbonyl (C=O) groups is 3. The average Bonchev–Trinajstić information content (AvgIpc) is 2.90. The van der Waals surface area contributed by atoms with Gasteiger partial charge in [-0.3, -0.25) is 14.4 Å². The minimum atomic E-state index is -0.990. The number of hydrogen-bond acceptors (Lipinski definition) is 4. The predicted octanol–water partition coefficient (Wildman–Crippen LogP) is 4.58. The van der Waals surface area contributed by atoms with Crippen LogP contribution in [-0.2, 0) is 19.1 Å². The Morgan fingerprint density at radius 1 is 1.07 bits per heavy atom. The zero-order valence-corrected chi connectivity index (χ0v) is 17.8. The van der Waals surface area contributed by atoms with Crippen LogP contribution in [0.1, 0.15) is 73.1 Å². The van der Waals surface area contributed by atoms with Crippen LogP contribution in [0.15, 0.2) is 23.3 Å². The second-order valence-electron chi connectivity index (χ2n) is 10.1. The molecule has 0 heterocycles. The van der Waals surface area contributed by atoms with Crippen molar-refractivity contribution in [3.63, 3.8) is 0 Å². The van der Waals surface area contributed by atoms with Gasteiger partial charge in [-0.15, -0.1) is 0 Å². The fourth-order valence-electron chi connectivity index (χ4n) is 7.48. The van der Waals surface area contributed by atoms with Gasteiger partial charge in [0, 0.05) is 18.8 Å². The molecule has 0 spiro atoms. The van der Waals surface area contributed by atoms with Gasteiger partial charge in [0.05, 0.1) is 0 Å². The van der Waals surface area contributed by atoms with Crippen LogP contribution in [-0.4, -0.2) is 23.1 Å². The molecule has 0 amide bonds. The lowest BCUT2D eigenvalue weighted by Gasteiger charge is -2.58. The molecule has 4 nitrogen and oxygen atoms in total. The normalized spacial score (nSPS) is 44.6. The lowest BCUT2D eigenvalue weighted by molar-refractivity contribution is -0.185. The Bertz CT molecular complexity index is 820. The molecule has 0 N–H and O–H groups in total. The van der Waals surface area contributed by atoms with Crippen LogP contribution in [0.2, 0.25) is 0 Å². The number of esters is 1. The molecule has 0 aromatic heterocycles. The third kappa shape index (κ3) is 2.39. The number of hydrogen-bond donors (Lipinski definition) is 0. The highest BCUT2D eigenvalue weighted by atomic mass is 16.6. The van der Waals surface area contributed by atoms with E-state index in [2.05, 4.69) is 26.8 Å². The van der Waals surface area contributed by atoms with E-state index in [-0.39, 0.29) is 28.4 Å². The highest BCUT2D eigenvalue weighted by Crippen LogP contribution is 2.67. The summed E-state index contributed by atoms with van der Waals surface area (Å²) in [4.78, 5) is 36.8. The molecule has 2 saturated carbocycles. The van der Waals surface area contributed by atoms with Crippen LogP contribution in [0, 0.1) is 28.6 Å². The quantitative estimate of drug-likeness (QED) is 0.654. The Labute approximate surface area is 167 Å². The maximum absolute atomic E-state index is 12.8. The molecule has 0 aromatic rings. The second-order valence-corrected chi connectivity index (χ2v) is 10.1. The van der Waals surface area contributed by atoms with E-state index in [9.17, 15) is 14.4 Å². The number of rotatable bonds is 2. The molecule has 4 aliphatic rings. The fraction of sp³-hybridized carbons (Fsp3) is 0.708. The van der Waals surface area contributed by atoms with Crippen molar-refractivity contribution in [3.05, 3.63) is 23.3 Å². The highest BCUT2D eigenvalue weighted by Gasteiger charge is 2.67. The molecule has 0 aliphatic heterocycles. The number of Topliss-reactive ketones (excluding diaryl/α,β-unsaturated/α-hetero) is 1. The molecule has 4 aliphatic carbocycles. The smallest absolute Gasteiger partial charge is 0.303 e. The van der Waals surface area contributed by atoms with Gasteiger partial charge in [-0.2, -0.15) is 0 Å². The molecule has 0 aromatic carbocycles. The summed E-state index contributed by atoms with van der Waals surface area (Å²) < 4.78 is 5.82. The van der Waals surface area contributed by atoms with Gasteiger partial charge in [-0.25, -0.2) is 0 Å². The van der Waals surface area contributed by atoms with Crippen molar-refractivity contribution in [2.45, 2.75) is 78.7 Å². The van der Waals surface area contributed by atoms with Gasteiger partial charge < -0.3 is 4.74 Å². The van der Waals surface area contributed by atoms with Gasteiger partial charge in [0.25, 0.3) is 0 Å². The molecule has 6 atom stereocenters. The van der Waals surface area contributed by atoms with Gasteiger partial charge in [-0.1, -0.05) is 25.5 Å². The Morgan fingerprint density at radius 3 is 2.39 bits per heavy atom. The molecular formula is C24H32O4. The van der Waals surface area contributed by atoms with Crippen molar-refractivity contribution >= 4 is 17.5 Å². The Balaban J connectivity index is 1.79. The molecular weight excluding hydrogens is 352 g/mol. The number of carbonyl (C=O) groups excluding carboxylic acids is 3. The fourth-order valence-corrected chi connectivity index (χ4v) is 7.48. The molecule has 4 rings (SSSR count). The minimum absolute atomic E-state index is 0.0160. The van der Waals surface area contributed by atoms with Crippen LogP contribution in [0.3, 0.4) is 0 Å². The second kappa shape index (κ2) is 6.14. The highest BCUT2D eigenvalue weighted by molar-refractivity contribution is 5.92. The lowest BCUT2D eigenvalue weighted by Crippen LogP contribution is -2.58. The van der Waals surface area contributed by atoms with Crippen molar-refractivity contribution in [1.82, 2.24) is 0 Å². The van der Waals surface area contributed by atoms with Gasteiger partial charge in [0.15, 0.2) is 17.2 Å². The molecule has 28 heavy (non-hydrogen) atoms. The standard InChI is InChI=1S/C24H32O4/c1-14-12-18-19(22(4)9-6-17(27)13-21(14)22)7-10-23(5)20(18)8-11-24(23,15(2)25)28-16(3)26/h12-13,18-20H,6-11H2,1-5H3/t18-,19+,20+,22-,23-,24+/m0/s1. The van der Waals surface area contributed by atoms with E-state index in [0.717, 1.165) is 25.7 Å². The molecule has 0 radical (unpaired) electrons. The van der Waals surface area contributed by atoms with Gasteiger partial charge >= 0.3 is 5.97 Å². The van der Waals surface area contributed by atoms with Gasteiger partial charge in [0.1, 0.15) is 0 Å². The maximum atomic E-state index is 12.8. The minimum Gasteiger partial charge on any atom is -0.451 e. The summed E-state index contributed by atoms with van der Waals surface area (Å²) in [7, 11) is 0. The SMILES string of the molecule is CC(=O)O[C@@]1(C(C)=O)CC[C@@H]2[C@H]3C=C(C)C4=CC(=O)CC[C@@]4(C)[C@@H]3CC[C@@]21C. The van der Waals surface area contributed by atoms with E-state index >= 15 is 0 Å². The van der Waals surface area contributed by atoms with Crippen molar-refractivity contribution in [2.24, 2.45) is 28.6 Å². The first-order valence-corrected chi connectivity index (χ1v) is 10.7. The van der Waals surface area contributed by atoms with Crippen molar-refractivity contribution in [3.8, 4) is 0 Å². The summed E-state index contributed by atoms with van der Waals surface area (Å²) in [6, 6.07) is 0. The van der Waals surface area contributed by atoms with E-state index in [1.165, 1.54) is 18.1 Å². The average molecular weight is 385 g/mol. The van der Waals surface area contributed by atoms with Crippen LogP contribution >= 0.6 is 0 Å². The number of fused-ring (bicyclic) bond motifs is 5. The summed E-state index contributed by atoms with van der Waals surface area (Å²) in [5.41, 5.74) is 1.15. The van der Waals surface area contributed by atoms with Crippen LogP contribution < -0.4 is 0 Å². The van der Waals surface area contributed by atoms with E-state index in [1.807, 2.05) is 6.08 Å². The molecule has 152 valence electrons. The lowest BCUT2D eigenvalue weighted by atomic mass is 9.47. The third-order valence-corrected chi connectivity index (χ3v) is 8.84. The van der Waals surface area contributed by atoms with E-state index in [1.54, 1.807) is 6.92 Å². The summed E-state index contributed by atoms with van der Waals surface area (Å²) in [6.07, 6.45) is 9.20. The molecule has 4 heteroatoms. The van der Waals surface area contributed by atoms with Crippen LogP contribution in [0.25, 0.3) is 0 Å². The van der Waals surface area contributed by atoms with Crippen LogP contribution in [0.5, 0.6) is 0 Å². The van der Waals surface area contributed by atoms with Crippen molar-refractivity contribution < 1.29 is 19.1 Å². The zero-order chi connectivity index (χ0) is 20.5. The summed E-state index contributed by atoms with van der Waals surface area (Å²) in [5, 5.41) is 0. The van der Waals surface area contributed by atoms with Crippen molar-refractivity contribution in [2.75, 3.05) is 0 Å².